The lowest BCUT2D eigenvalue weighted by Crippen LogP contribution is -2.35. The van der Waals surface area contributed by atoms with Crippen molar-refractivity contribution in [1.82, 2.24) is 15.0 Å². The van der Waals surface area contributed by atoms with E-state index in [1.54, 1.807) is 31.3 Å². The number of aliphatic hydroxyl groups is 1. The van der Waals surface area contributed by atoms with E-state index in [9.17, 15) is 19.1 Å². The van der Waals surface area contributed by atoms with Crippen LogP contribution in [-0.4, -0.2) is 45.6 Å². The average molecular weight is 411 g/mol. The van der Waals surface area contributed by atoms with Crippen LogP contribution in [0.4, 0.5) is 10.1 Å². The number of hydrogen-bond acceptors (Lipinski definition) is 7. The number of pyridine rings is 1. The molecule has 9 nitrogen and oxygen atoms in total. The standard InChI is InChI=1S/C20H18FN5O4/c1-26-6-5-20(29,19(26)28)15-9-14(25-30-15)10-3-2-4-11(7-10)16-12(21)8-13(22)17(24-16)18(23)27/h2-4,7-9,29H,5-6,22H2,1H3,(H2,23,27)/t20-/m1/s1. The van der Waals surface area contributed by atoms with Crippen LogP contribution < -0.4 is 11.5 Å². The number of amides is 2. The number of likely N-dealkylation sites (tertiary alicyclic amines) is 1. The maximum Gasteiger partial charge on any atom is 0.269 e. The summed E-state index contributed by atoms with van der Waals surface area (Å²) in [5.41, 5.74) is 9.83. The highest BCUT2D eigenvalue weighted by atomic mass is 19.1. The molecule has 1 aliphatic heterocycles. The van der Waals surface area contributed by atoms with Gasteiger partial charge < -0.3 is 26.0 Å². The number of aromatic nitrogens is 2. The number of nitrogens with zero attached hydrogens (tertiary/aromatic N) is 3. The van der Waals surface area contributed by atoms with Crippen LogP contribution in [0, 0.1) is 5.82 Å². The van der Waals surface area contributed by atoms with Crippen LogP contribution in [0.5, 0.6) is 0 Å². The van der Waals surface area contributed by atoms with E-state index in [0.29, 0.717) is 23.4 Å². The lowest BCUT2D eigenvalue weighted by Gasteiger charge is -2.16. The number of benzene rings is 1. The quantitative estimate of drug-likeness (QED) is 0.585. The normalized spacial score (nSPS) is 18.8. The third-order valence-corrected chi connectivity index (χ3v) is 5.10. The number of carbonyl (C=O) groups is 2. The SMILES string of the molecule is CN1CC[C@@](O)(c2cc(-c3cccc(-c4nc(C(N)=O)c(N)cc4F)c3)no2)C1=O. The second-order valence-corrected chi connectivity index (χ2v) is 7.12. The van der Waals surface area contributed by atoms with Crippen LogP contribution in [0.15, 0.2) is 40.9 Å². The Labute approximate surface area is 170 Å². The van der Waals surface area contributed by atoms with E-state index in [4.69, 9.17) is 16.0 Å². The molecule has 10 heteroatoms. The smallest absolute Gasteiger partial charge is 0.269 e. The van der Waals surface area contributed by atoms with Crippen molar-refractivity contribution in [2.24, 2.45) is 5.73 Å². The van der Waals surface area contributed by atoms with Crippen LogP contribution in [0.1, 0.15) is 22.7 Å². The van der Waals surface area contributed by atoms with Gasteiger partial charge in [0.2, 0.25) is 5.60 Å². The lowest BCUT2D eigenvalue weighted by atomic mass is 9.97. The molecule has 1 saturated heterocycles. The molecular formula is C20H18FN5O4. The molecule has 0 bridgehead atoms. The van der Waals surface area contributed by atoms with Crippen LogP contribution in [0.3, 0.4) is 0 Å². The van der Waals surface area contributed by atoms with Crippen molar-refractivity contribution < 1.29 is 23.6 Å². The first-order chi connectivity index (χ1) is 14.2. The summed E-state index contributed by atoms with van der Waals surface area (Å²) >= 11 is 0. The van der Waals surface area contributed by atoms with Crippen molar-refractivity contribution in [3.05, 3.63) is 53.7 Å². The number of halogens is 1. The van der Waals surface area contributed by atoms with E-state index in [0.717, 1.165) is 6.07 Å². The van der Waals surface area contributed by atoms with Crippen LogP contribution in [0.25, 0.3) is 22.5 Å². The molecule has 154 valence electrons. The molecule has 1 aliphatic rings. The Morgan fingerprint density at radius 1 is 1.30 bits per heavy atom. The summed E-state index contributed by atoms with van der Waals surface area (Å²) in [6.45, 7) is 0.394. The minimum atomic E-state index is -1.77. The summed E-state index contributed by atoms with van der Waals surface area (Å²) in [6, 6.07) is 8.98. The minimum absolute atomic E-state index is 0.0325. The molecule has 0 radical (unpaired) electrons. The highest BCUT2D eigenvalue weighted by molar-refractivity contribution is 5.96. The molecule has 30 heavy (non-hydrogen) atoms. The van der Waals surface area contributed by atoms with Crippen molar-refractivity contribution in [1.29, 1.82) is 0 Å². The second-order valence-electron chi connectivity index (χ2n) is 7.12. The Kier molecular flexibility index (Phi) is 4.50. The number of hydrogen-bond donors (Lipinski definition) is 3. The summed E-state index contributed by atoms with van der Waals surface area (Å²) in [6.07, 6.45) is 0.188. The molecule has 2 amide bonds. The molecule has 1 fully saturated rings. The van der Waals surface area contributed by atoms with Gasteiger partial charge in [0, 0.05) is 43.3 Å². The first kappa shape index (κ1) is 19.5. The first-order valence-electron chi connectivity index (χ1n) is 9.02. The third-order valence-electron chi connectivity index (χ3n) is 5.10. The molecule has 4 rings (SSSR count). The number of anilines is 1. The fourth-order valence-corrected chi connectivity index (χ4v) is 3.42. The number of primary amides is 1. The highest BCUT2D eigenvalue weighted by Gasteiger charge is 2.48. The van der Waals surface area contributed by atoms with Crippen molar-refractivity contribution in [3.63, 3.8) is 0 Å². The Bertz CT molecular complexity index is 1180. The number of carbonyl (C=O) groups excluding carboxylic acids is 2. The van der Waals surface area contributed by atoms with Gasteiger partial charge in [-0.05, 0) is 6.07 Å². The predicted molar refractivity (Wildman–Crippen MR) is 104 cm³/mol. The predicted octanol–water partition coefficient (Wildman–Crippen LogP) is 1.27. The topological polar surface area (TPSA) is 149 Å². The summed E-state index contributed by atoms with van der Waals surface area (Å²) < 4.78 is 19.7. The zero-order valence-corrected chi connectivity index (χ0v) is 15.9. The maximum absolute atomic E-state index is 14.4. The van der Waals surface area contributed by atoms with E-state index in [-0.39, 0.29) is 29.3 Å². The van der Waals surface area contributed by atoms with Gasteiger partial charge in [0.05, 0.1) is 5.69 Å². The Morgan fingerprint density at radius 2 is 2.03 bits per heavy atom. The molecule has 5 N–H and O–H groups in total. The summed E-state index contributed by atoms with van der Waals surface area (Å²) in [4.78, 5) is 29.1. The average Bonchev–Trinajstić information content (AvgIpc) is 3.30. The molecule has 0 aliphatic carbocycles. The van der Waals surface area contributed by atoms with Crippen LogP contribution in [-0.2, 0) is 10.4 Å². The number of rotatable bonds is 4. The molecule has 0 saturated carbocycles. The zero-order chi connectivity index (χ0) is 21.6. The third kappa shape index (κ3) is 3.07. The van der Waals surface area contributed by atoms with Gasteiger partial charge in [-0.2, -0.15) is 0 Å². The Hall–Kier alpha value is -3.79. The van der Waals surface area contributed by atoms with Gasteiger partial charge in [-0.25, -0.2) is 9.37 Å². The Balaban J connectivity index is 1.73. The monoisotopic (exact) mass is 411 g/mol. The van der Waals surface area contributed by atoms with Gasteiger partial charge in [-0.15, -0.1) is 0 Å². The van der Waals surface area contributed by atoms with Gasteiger partial charge in [-0.3, -0.25) is 9.59 Å². The second kappa shape index (κ2) is 6.92. The van der Waals surface area contributed by atoms with Gasteiger partial charge in [0.15, 0.2) is 17.3 Å². The molecule has 2 aromatic heterocycles. The summed E-state index contributed by atoms with van der Waals surface area (Å²) in [5, 5.41) is 14.6. The van der Waals surface area contributed by atoms with Crippen molar-refractivity contribution >= 4 is 17.5 Å². The molecular weight excluding hydrogens is 393 g/mol. The van der Waals surface area contributed by atoms with E-state index in [1.165, 1.54) is 11.0 Å². The lowest BCUT2D eigenvalue weighted by molar-refractivity contribution is -0.144. The number of nitrogens with two attached hydrogens (primary N) is 2. The van der Waals surface area contributed by atoms with Crippen LogP contribution in [0.2, 0.25) is 0 Å². The van der Waals surface area contributed by atoms with Crippen molar-refractivity contribution in [2.45, 2.75) is 12.0 Å². The fraction of sp³-hybridized carbons (Fsp3) is 0.200. The summed E-state index contributed by atoms with van der Waals surface area (Å²) in [5.74, 6) is -2.02. The fourth-order valence-electron chi connectivity index (χ4n) is 3.42. The van der Waals surface area contributed by atoms with Crippen LogP contribution >= 0.6 is 0 Å². The van der Waals surface area contributed by atoms with E-state index in [1.807, 2.05) is 0 Å². The van der Waals surface area contributed by atoms with Gasteiger partial charge in [-0.1, -0.05) is 23.4 Å². The number of nitrogen functional groups attached to an aromatic ring is 1. The zero-order valence-electron chi connectivity index (χ0n) is 15.9. The van der Waals surface area contributed by atoms with Gasteiger partial charge in [0.1, 0.15) is 11.4 Å². The van der Waals surface area contributed by atoms with Gasteiger partial charge >= 0.3 is 0 Å². The largest absolute Gasteiger partial charge is 0.397 e. The molecule has 1 atom stereocenters. The summed E-state index contributed by atoms with van der Waals surface area (Å²) in [7, 11) is 1.59. The molecule has 3 heterocycles. The van der Waals surface area contributed by atoms with E-state index < -0.39 is 23.2 Å². The maximum atomic E-state index is 14.4. The molecule has 0 spiro atoms. The Morgan fingerprint density at radius 3 is 2.70 bits per heavy atom. The van der Waals surface area contributed by atoms with Crippen molar-refractivity contribution in [3.8, 4) is 22.5 Å². The first-order valence-corrected chi connectivity index (χ1v) is 9.02. The minimum Gasteiger partial charge on any atom is -0.397 e. The molecule has 3 aromatic rings. The molecule has 1 aromatic carbocycles. The molecule has 0 unspecified atom stereocenters. The highest BCUT2D eigenvalue weighted by Crippen LogP contribution is 2.35. The van der Waals surface area contributed by atoms with Gasteiger partial charge in [0.25, 0.3) is 11.8 Å². The van der Waals surface area contributed by atoms with E-state index in [2.05, 4.69) is 10.1 Å². The van der Waals surface area contributed by atoms with E-state index >= 15 is 0 Å². The number of likely N-dealkylation sites (N-methyl/N-ethyl adjacent to an activating group) is 1. The van der Waals surface area contributed by atoms with Crippen molar-refractivity contribution in [2.75, 3.05) is 19.3 Å².